The van der Waals surface area contributed by atoms with Gasteiger partial charge in [-0.15, -0.1) is 0 Å². The molecule has 0 heterocycles. The lowest BCUT2D eigenvalue weighted by atomic mass is 9.80. The van der Waals surface area contributed by atoms with Crippen LogP contribution in [0.25, 0.3) is 0 Å². The van der Waals surface area contributed by atoms with Crippen molar-refractivity contribution in [2.75, 3.05) is 0 Å². The smallest absolute Gasteiger partial charge is 0.0406 e. The molecule has 0 spiro atoms. The number of rotatable bonds is 4. The first-order valence-electron chi connectivity index (χ1n) is 8.44. The van der Waals surface area contributed by atoms with Gasteiger partial charge in [0.05, 0.1) is 0 Å². The summed E-state index contributed by atoms with van der Waals surface area (Å²) >= 11 is 15.8. The van der Waals surface area contributed by atoms with Gasteiger partial charge in [-0.2, -0.15) is 0 Å². The first kappa shape index (κ1) is 17.6. The average molecular weight is 405 g/mol. The Bertz CT molecular complexity index is 737. The molecular weight excluding hydrogens is 387 g/mol. The third kappa shape index (κ3) is 4.31. The molecule has 4 heteroatoms. The zero-order valence-corrected chi connectivity index (χ0v) is 16.8. The van der Waals surface area contributed by atoms with E-state index in [0.29, 0.717) is 11.8 Å². The lowest BCUT2D eigenvalue weighted by Gasteiger charge is -2.34. The van der Waals surface area contributed by atoms with E-state index in [2.05, 4.69) is 36.4 Å². The molecule has 0 nitrogen and oxygen atoms in total. The molecule has 0 fully saturated rings. The zero-order chi connectivity index (χ0) is 17.2. The van der Waals surface area contributed by atoms with Crippen molar-refractivity contribution in [3.8, 4) is 0 Å². The van der Waals surface area contributed by atoms with Gasteiger partial charge in [0.15, 0.2) is 0 Å². The predicted octanol–water partition coefficient (Wildman–Crippen LogP) is 8.08. The van der Waals surface area contributed by atoms with E-state index in [9.17, 15) is 0 Å². The Hall–Kier alpha value is -0.800. The summed E-state index contributed by atoms with van der Waals surface area (Å²) < 4.78 is 0. The van der Waals surface area contributed by atoms with Crippen LogP contribution in [0.1, 0.15) is 19.3 Å². The van der Waals surface area contributed by atoms with Crippen molar-refractivity contribution in [3.05, 3.63) is 80.5 Å². The summed E-state index contributed by atoms with van der Waals surface area (Å²) in [6.07, 6.45) is 8.44. The van der Waals surface area contributed by atoms with Crippen LogP contribution in [0.4, 0.5) is 0 Å². The molecule has 0 radical (unpaired) electrons. The Morgan fingerprint density at radius 2 is 1.04 bits per heavy atom. The van der Waals surface area contributed by atoms with Crippen molar-refractivity contribution in [1.29, 1.82) is 0 Å². The van der Waals surface area contributed by atoms with Crippen molar-refractivity contribution in [1.82, 2.24) is 0 Å². The minimum Gasteiger partial charge on any atom is -0.0946 e. The molecule has 4 rings (SSSR count). The predicted molar refractivity (Wildman–Crippen MR) is 112 cm³/mol. The van der Waals surface area contributed by atoms with Crippen LogP contribution < -0.4 is 0 Å². The normalized spacial score (nSPS) is 22.3. The molecule has 0 unspecified atom stereocenters. The van der Waals surface area contributed by atoms with E-state index < -0.39 is 0 Å². The van der Waals surface area contributed by atoms with Gasteiger partial charge in [0.25, 0.3) is 0 Å². The van der Waals surface area contributed by atoms with Crippen molar-refractivity contribution < 1.29 is 0 Å². The van der Waals surface area contributed by atoms with Crippen molar-refractivity contribution in [2.45, 2.75) is 29.1 Å². The fourth-order valence-electron chi connectivity index (χ4n) is 3.38. The molecule has 128 valence electrons. The highest BCUT2D eigenvalue weighted by Gasteiger charge is 2.30. The average Bonchev–Trinajstić information content (AvgIpc) is 2.63. The van der Waals surface area contributed by atoms with Gasteiger partial charge in [0.2, 0.25) is 0 Å². The van der Waals surface area contributed by atoms with E-state index in [4.69, 9.17) is 23.2 Å². The fourth-order valence-corrected chi connectivity index (χ4v) is 5.80. The molecule has 0 aromatic heterocycles. The van der Waals surface area contributed by atoms with Crippen LogP contribution in [-0.2, 0) is 0 Å². The summed E-state index contributed by atoms with van der Waals surface area (Å²) in [5.41, 5.74) is 0. The highest BCUT2D eigenvalue weighted by molar-refractivity contribution is 8.03. The number of allylic oxidation sites excluding steroid dienone is 4. The zero-order valence-electron chi connectivity index (χ0n) is 13.6. The highest BCUT2D eigenvalue weighted by Crippen LogP contribution is 2.49. The molecule has 2 bridgehead atoms. The summed E-state index contributed by atoms with van der Waals surface area (Å²) in [4.78, 5) is 5.59. The lowest BCUT2D eigenvalue weighted by molar-refractivity contribution is 0.431. The molecule has 0 saturated heterocycles. The number of benzene rings is 2. The van der Waals surface area contributed by atoms with Crippen molar-refractivity contribution in [3.63, 3.8) is 0 Å². The number of halogens is 2. The van der Waals surface area contributed by atoms with Crippen LogP contribution >= 0.6 is 46.7 Å². The first-order valence-corrected chi connectivity index (χ1v) is 10.8. The third-order valence-electron chi connectivity index (χ3n) is 4.68. The summed E-state index contributed by atoms with van der Waals surface area (Å²) in [5.74, 6) is 1.32. The molecule has 0 N–H and O–H groups in total. The van der Waals surface area contributed by atoms with Gasteiger partial charge in [-0.25, -0.2) is 0 Å². The van der Waals surface area contributed by atoms with E-state index in [1.807, 2.05) is 47.8 Å². The van der Waals surface area contributed by atoms with E-state index >= 15 is 0 Å². The standard InChI is InChI=1S/C21H18Cl2S2/c22-16-3-7-18(8-4-16)24-20-11-1-14-13-15(20)2-12-21(14)25-19-9-5-17(23)6-10-19/h3-12,14-15H,1-2,13H2/t14-,15+. The SMILES string of the molecule is Clc1ccc(SC2=CC[C@H]3C[C@H]2CC=C3Sc2ccc(Cl)cc2)cc1. The molecule has 2 aliphatic carbocycles. The Morgan fingerprint density at radius 1 is 0.640 bits per heavy atom. The van der Waals surface area contributed by atoms with E-state index in [0.717, 1.165) is 22.9 Å². The second-order valence-electron chi connectivity index (χ2n) is 6.43. The number of hydrogen-bond donors (Lipinski definition) is 0. The largest absolute Gasteiger partial charge is 0.0946 e. The van der Waals surface area contributed by atoms with Crippen LogP contribution in [0.5, 0.6) is 0 Å². The van der Waals surface area contributed by atoms with Crippen LogP contribution in [0.15, 0.2) is 80.3 Å². The summed E-state index contributed by atoms with van der Waals surface area (Å²) in [6, 6.07) is 16.3. The molecule has 25 heavy (non-hydrogen) atoms. The van der Waals surface area contributed by atoms with Gasteiger partial charge in [-0.1, -0.05) is 58.9 Å². The molecule has 2 aromatic rings. The first-order chi connectivity index (χ1) is 12.2. The molecule has 2 aliphatic rings. The Kier molecular flexibility index (Phi) is 5.52. The minimum atomic E-state index is 0.661. The number of hydrogen-bond acceptors (Lipinski definition) is 2. The van der Waals surface area contributed by atoms with Crippen molar-refractivity contribution >= 4 is 46.7 Å². The van der Waals surface area contributed by atoms with E-state index in [-0.39, 0.29) is 0 Å². The molecule has 2 aromatic carbocycles. The molecule has 2 atom stereocenters. The van der Waals surface area contributed by atoms with E-state index in [1.165, 1.54) is 26.0 Å². The van der Waals surface area contributed by atoms with Gasteiger partial charge in [0.1, 0.15) is 0 Å². The second kappa shape index (κ2) is 7.84. The van der Waals surface area contributed by atoms with Crippen LogP contribution in [0.3, 0.4) is 0 Å². The van der Waals surface area contributed by atoms with Gasteiger partial charge >= 0.3 is 0 Å². The quantitative estimate of drug-likeness (QED) is 0.504. The van der Waals surface area contributed by atoms with Crippen LogP contribution in [-0.4, -0.2) is 0 Å². The van der Waals surface area contributed by atoms with Crippen LogP contribution in [0.2, 0.25) is 10.0 Å². The van der Waals surface area contributed by atoms with Gasteiger partial charge < -0.3 is 0 Å². The molecule has 0 amide bonds. The summed E-state index contributed by atoms with van der Waals surface area (Å²) in [5, 5.41) is 1.60. The lowest BCUT2D eigenvalue weighted by Crippen LogP contribution is -2.19. The summed E-state index contributed by atoms with van der Waals surface area (Å²) in [7, 11) is 0. The molecule has 0 saturated carbocycles. The van der Waals surface area contributed by atoms with E-state index in [1.54, 1.807) is 0 Å². The Labute approximate surface area is 167 Å². The summed E-state index contributed by atoms with van der Waals surface area (Å²) in [6.45, 7) is 0. The highest BCUT2D eigenvalue weighted by atomic mass is 35.5. The van der Waals surface area contributed by atoms with Crippen molar-refractivity contribution in [2.24, 2.45) is 11.8 Å². The Balaban J connectivity index is 1.43. The maximum absolute atomic E-state index is 5.99. The number of thioether (sulfide) groups is 2. The number of fused-ring (bicyclic) bond motifs is 2. The fraction of sp³-hybridized carbons (Fsp3) is 0.238. The van der Waals surface area contributed by atoms with Crippen LogP contribution in [0, 0.1) is 11.8 Å². The Morgan fingerprint density at radius 3 is 1.44 bits per heavy atom. The second-order valence-corrected chi connectivity index (χ2v) is 9.59. The van der Waals surface area contributed by atoms with Gasteiger partial charge in [-0.3, -0.25) is 0 Å². The molecular formula is C21H18Cl2S2. The van der Waals surface area contributed by atoms with Gasteiger partial charge in [0, 0.05) is 19.8 Å². The van der Waals surface area contributed by atoms with Gasteiger partial charge in [-0.05, 0) is 89.4 Å². The monoisotopic (exact) mass is 404 g/mol. The third-order valence-corrected chi connectivity index (χ3v) is 7.67. The minimum absolute atomic E-state index is 0.661. The maximum atomic E-state index is 5.99. The molecule has 0 aliphatic heterocycles. The maximum Gasteiger partial charge on any atom is 0.0406 e. The topological polar surface area (TPSA) is 0 Å².